The summed E-state index contributed by atoms with van der Waals surface area (Å²) in [5.74, 6) is 0. The second-order valence-corrected chi connectivity index (χ2v) is 4.99. The van der Waals surface area contributed by atoms with Crippen LogP contribution in [0.25, 0.3) is 0 Å². The van der Waals surface area contributed by atoms with Crippen LogP contribution in [0.3, 0.4) is 0 Å². The zero-order chi connectivity index (χ0) is 12.8. The quantitative estimate of drug-likeness (QED) is 0.816. The van der Waals surface area contributed by atoms with Gasteiger partial charge in [0, 0.05) is 19.7 Å². The molecule has 1 saturated heterocycles. The van der Waals surface area contributed by atoms with Crippen molar-refractivity contribution >= 4 is 0 Å². The second-order valence-electron chi connectivity index (χ2n) is 4.99. The zero-order valence-corrected chi connectivity index (χ0v) is 10.9. The zero-order valence-electron chi connectivity index (χ0n) is 10.9. The largest absolute Gasteiger partial charge is 0.377 e. The molecule has 2 rings (SSSR count). The van der Waals surface area contributed by atoms with Crippen LogP contribution in [-0.2, 0) is 11.3 Å². The summed E-state index contributed by atoms with van der Waals surface area (Å²) < 4.78 is 5.74. The molecule has 0 radical (unpaired) electrons. The first-order chi connectivity index (χ1) is 8.78. The smallest absolute Gasteiger partial charge is 0.0991 e. The summed E-state index contributed by atoms with van der Waals surface area (Å²) in [6.07, 6.45) is 4.06. The van der Waals surface area contributed by atoms with Gasteiger partial charge in [-0.15, -0.1) is 0 Å². The van der Waals surface area contributed by atoms with Gasteiger partial charge < -0.3 is 4.74 Å². The molecule has 0 saturated carbocycles. The van der Waals surface area contributed by atoms with Crippen LogP contribution in [0.4, 0.5) is 0 Å². The number of nitriles is 1. The van der Waals surface area contributed by atoms with Gasteiger partial charge in [-0.1, -0.05) is 12.1 Å². The number of rotatable bonds is 4. The third kappa shape index (κ3) is 3.83. The lowest BCUT2D eigenvalue weighted by atomic mass is 10.1. The fourth-order valence-electron chi connectivity index (χ4n) is 2.36. The van der Waals surface area contributed by atoms with Crippen molar-refractivity contribution in [2.75, 3.05) is 20.2 Å². The Kier molecular flexibility index (Phi) is 4.74. The lowest BCUT2D eigenvalue weighted by Crippen LogP contribution is -2.33. The first-order valence-corrected chi connectivity index (χ1v) is 6.57. The number of hydrogen-bond donors (Lipinski definition) is 0. The molecule has 1 fully saturated rings. The molecule has 1 aliphatic rings. The van der Waals surface area contributed by atoms with Crippen molar-refractivity contribution in [2.24, 2.45) is 0 Å². The van der Waals surface area contributed by atoms with E-state index in [1.165, 1.54) is 24.8 Å². The number of benzene rings is 1. The lowest BCUT2D eigenvalue weighted by molar-refractivity contribution is -0.00259. The van der Waals surface area contributed by atoms with Gasteiger partial charge in [0.2, 0.25) is 0 Å². The molecule has 1 aliphatic heterocycles. The van der Waals surface area contributed by atoms with Crippen molar-refractivity contribution in [2.45, 2.75) is 31.9 Å². The molecule has 1 atom stereocenters. The van der Waals surface area contributed by atoms with E-state index in [0.717, 1.165) is 25.3 Å². The molecule has 18 heavy (non-hydrogen) atoms. The van der Waals surface area contributed by atoms with Crippen LogP contribution in [0.5, 0.6) is 0 Å². The average molecular weight is 244 g/mol. The van der Waals surface area contributed by atoms with Gasteiger partial charge >= 0.3 is 0 Å². The number of hydrogen-bond acceptors (Lipinski definition) is 3. The van der Waals surface area contributed by atoms with Crippen LogP contribution < -0.4 is 0 Å². The maximum atomic E-state index is 8.75. The lowest BCUT2D eigenvalue weighted by Gasteiger charge is -2.27. The summed E-state index contributed by atoms with van der Waals surface area (Å²) in [7, 11) is 2.12. The highest BCUT2D eigenvalue weighted by atomic mass is 16.5. The maximum absolute atomic E-state index is 8.75. The Labute approximate surface area is 109 Å². The predicted octanol–water partition coefficient (Wildman–Crippen LogP) is 2.56. The minimum Gasteiger partial charge on any atom is -0.377 e. The molecular weight excluding hydrogens is 224 g/mol. The van der Waals surface area contributed by atoms with Gasteiger partial charge in [-0.2, -0.15) is 5.26 Å². The minimum absolute atomic E-state index is 0.391. The molecule has 96 valence electrons. The maximum Gasteiger partial charge on any atom is 0.0991 e. The van der Waals surface area contributed by atoms with Gasteiger partial charge in [0.25, 0.3) is 0 Å². The number of likely N-dealkylation sites (N-methyl/N-ethyl adjacent to an activating group) is 1. The average Bonchev–Trinajstić information content (AvgIpc) is 2.40. The van der Waals surface area contributed by atoms with Crippen molar-refractivity contribution in [3.8, 4) is 6.07 Å². The van der Waals surface area contributed by atoms with E-state index in [-0.39, 0.29) is 0 Å². The Morgan fingerprint density at radius 1 is 1.33 bits per heavy atom. The molecule has 0 unspecified atom stereocenters. The Bertz CT molecular complexity index is 401. The van der Waals surface area contributed by atoms with Gasteiger partial charge in [0.1, 0.15) is 0 Å². The van der Waals surface area contributed by atoms with E-state index in [9.17, 15) is 0 Å². The Hall–Kier alpha value is -1.37. The van der Waals surface area contributed by atoms with Crippen molar-refractivity contribution in [3.05, 3.63) is 35.4 Å². The summed E-state index contributed by atoms with van der Waals surface area (Å²) in [6.45, 7) is 2.81. The Morgan fingerprint density at radius 2 is 2.11 bits per heavy atom. The molecular formula is C15H20N2O. The van der Waals surface area contributed by atoms with Crippen molar-refractivity contribution in [3.63, 3.8) is 0 Å². The van der Waals surface area contributed by atoms with Crippen molar-refractivity contribution in [1.82, 2.24) is 4.90 Å². The molecule has 0 amide bonds. The van der Waals surface area contributed by atoms with Crippen LogP contribution in [0, 0.1) is 11.3 Å². The molecule has 0 aromatic heterocycles. The first-order valence-electron chi connectivity index (χ1n) is 6.57. The molecule has 3 nitrogen and oxygen atoms in total. The number of ether oxygens (including phenoxy) is 1. The topological polar surface area (TPSA) is 36.3 Å². The standard InChI is InChI=1S/C15H20N2O/c1-17(12-15-4-2-3-9-18-15)11-14-7-5-13(10-16)6-8-14/h5-8,15H,2-4,9,11-12H2,1H3/t15-/m0/s1. The molecule has 1 heterocycles. The fourth-order valence-corrected chi connectivity index (χ4v) is 2.36. The van der Waals surface area contributed by atoms with E-state index in [2.05, 4.69) is 18.0 Å². The van der Waals surface area contributed by atoms with Gasteiger partial charge in [-0.25, -0.2) is 0 Å². The van der Waals surface area contributed by atoms with Gasteiger partial charge in [-0.3, -0.25) is 4.90 Å². The van der Waals surface area contributed by atoms with Crippen LogP contribution >= 0.6 is 0 Å². The third-order valence-electron chi connectivity index (χ3n) is 3.32. The Balaban J connectivity index is 1.82. The summed E-state index contributed by atoms with van der Waals surface area (Å²) in [4.78, 5) is 2.29. The molecule has 0 spiro atoms. The predicted molar refractivity (Wildman–Crippen MR) is 71.1 cm³/mol. The molecule has 0 aliphatic carbocycles. The third-order valence-corrected chi connectivity index (χ3v) is 3.32. The van der Waals surface area contributed by atoms with E-state index in [4.69, 9.17) is 10.00 Å². The van der Waals surface area contributed by atoms with Crippen molar-refractivity contribution < 1.29 is 4.74 Å². The normalized spacial score (nSPS) is 19.7. The molecule has 1 aromatic carbocycles. The highest BCUT2D eigenvalue weighted by Gasteiger charge is 2.15. The van der Waals surface area contributed by atoms with Crippen LogP contribution in [-0.4, -0.2) is 31.2 Å². The van der Waals surface area contributed by atoms with Gasteiger partial charge in [0.05, 0.1) is 17.7 Å². The number of nitrogens with zero attached hydrogens (tertiary/aromatic N) is 2. The van der Waals surface area contributed by atoms with Crippen LogP contribution in [0.1, 0.15) is 30.4 Å². The fraction of sp³-hybridized carbons (Fsp3) is 0.533. The van der Waals surface area contributed by atoms with E-state index in [0.29, 0.717) is 6.10 Å². The molecule has 0 N–H and O–H groups in total. The highest BCUT2D eigenvalue weighted by Crippen LogP contribution is 2.14. The Morgan fingerprint density at radius 3 is 2.72 bits per heavy atom. The summed E-state index contributed by atoms with van der Waals surface area (Å²) in [5.41, 5.74) is 1.96. The van der Waals surface area contributed by atoms with E-state index in [1.807, 2.05) is 24.3 Å². The highest BCUT2D eigenvalue weighted by molar-refractivity contribution is 5.31. The second kappa shape index (κ2) is 6.53. The van der Waals surface area contributed by atoms with Crippen molar-refractivity contribution in [1.29, 1.82) is 5.26 Å². The molecule has 3 heteroatoms. The van der Waals surface area contributed by atoms with Gasteiger partial charge in [0.15, 0.2) is 0 Å². The van der Waals surface area contributed by atoms with Crippen LogP contribution in [0.15, 0.2) is 24.3 Å². The van der Waals surface area contributed by atoms with E-state index >= 15 is 0 Å². The van der Waals surface area contributed by atoms with Crippen LogP contribution in [0.2, 0.25) is 0 Å². The minimum atomic E-state index is 0.391. The summed E-state index contributed by atoms with van der Waals surface area (Å²) in [5, 5.41) is 8.75. The first kappa shape index (κ1) is 13.1. The van der Waals surface area contributed by atoms with E-state index in [1.54, 1.807) is 0 Å². The SMILES string of the molecule is CN(Cc1ccc(C#N)cc1)C[C@@H]1CCCCO1. The monoisotopic (exact) mass is 244 g/mol. The van der Waals surface area contributed by atoms with E-state index < -0.39 is 0 Å². The summed E-state index contributed by atoms with van der Waals surface area (Å²) >= 11 is 0. The van der Waals surface area contributed by atoms with Gasteiger partial charge in [-0.05, 0) is 44.0 Å². The molecule has 1 aromatic rings. The molecule has 0 bridgehead atoms. The summed E-state index contributed by atoms with van der Waals surface area (Å²) in [6, 6.07) is 9.94.